The minimum atomic E-state index is -1.29. The van der Waals surface area contributed by atoms with Gasteiger partial charge in [0.15, 0.2) is 5.69 Å². The third-order valence-corrected chi connectivity index (χ3v) is 3.02. The molecule has 6 nitrogen and oxygen atoms in total. The maximum Gasteiger partial charge on any atom is 0.356 e. The number of anilines is 1. The highest BCUT2D eigenvalue weighted by atomic mass is 16.4. The average Bonchev–Trinajstić information content (AvgIpc) is 2.71. The zero-order valence-corrected chi connectivity index (χ0v) is 10.1. The van der Waals surface area contributed by atoms with Crippen LogP contribution in [-0.2, 0) is 0 Å². The van der Waals surface area contributed by atoms with Gasteiger partial charge in [0.25, 0.3) is 11.8 Å². The van der Waals surface area contributed by atoms with Gasteiger partial charge in [-0.2, -0.15) is 0 Å². The van der Waals surface area contributed by atoms with Gasteiger partial charge in [-0.1, -0.05) is 12.1 Å². The maximum absolute atomic E-state index is 12.3. The number of carboxylic acids is 1. The molecule has 2 aromatic rings. The first-order valence-corrected chi connectivity index (χ1v) is 5.77. The molecule has 0 atom stereocenters. The topological polar surface area (TPSA) is 87.6 Å². The Morgan fingerprint density at radius 1 is 1.00 bits per heavy atom. The molecule has 0 bridgehead atoms. The first kappa shape index (κ1) is 12.0. The molecule has 1 aromatic carbocycles. The van der Waals surface area contributed by atoms with E-state index in [-0.39, 0.29) is 22.5 Å². The summed E-state index contributed by atoms with van der Waals surface area (Å²) in [4.78, 5) is 40.2. The summed E-state index contributed by atoms with van der Waals surface area (Å²) in [7, 11) is 0. The van der Waals surface area contributed by atoms with Crippen LogP contribution < -0.4 is 4.90 Å². The highest BCUT2D eigenvalue weighted by molar-refractivity contribution is 6.35. The Kier molecular flexibility index (Phi) is 2.57. The number of amides is 2. The molecular weight excluding hydrogens is 260 g/mol. The molecule has 0 spiro atoms. The lowest BCUT2D eigenvalue weighted by Gasteiger charge is -2.15. The number of hydrogen-bond acceptors (Lipinski definition) is 4. The number of rotatable bonds is 2. The quantitative estimate of drug-likeness (QED) is 0.835. The number of fused-ring (bicyclic) bond motifs is 1. The second kappa shape index (κ2) is 4.27. The van der Waals surface area contributed by atoms with Crippen LogP contribution in [0, 0.1) is 0 Å². The molecule has 0 radical (unpaired) electrons. The zero-order valence-electron chi connectivity index (χ0n) is 10.1. The van der Waals surface area contributed by atoms with Crippen molar-refractivity contribution in [2.24, 2.45) is 0 Å². The van der Waals surface area contributed by atoms with Crippen molar-refractivity contribution in [1.82, 2.24) is 4.98 Å². The van der Waals surface area contributed by atoms with E-state index in [9.17, 15) is 14.4 Å². The molecule has 0 saturated carbocycles. The summed E-state index contributed by atoms with van der Waals surface area (Å²) in [6.07, 6.45) is 1.30. The predicted molar refractivity (Wildman–Crippen MR) is 68.8 cm³/mol. The van der Waals surface area contributed by atoms with E-state index in [1.807, 2.05) is 0 Å². The first-order chi connectivity index (χ1) is 9.61. The van der Waals surface area contributed by atoms with Gasteiger partial charge in [0, 0.05) is 6.20 Å². The summed E-state index contributed by atoms with van der Waals surface area (Å²) in [5.74, 6) is -2.38. The lowest BCUT2D eigenvalue weighted by molar-refractivity contribution is 0.0691. The van der Waals surface area contributed by atoms with Crippen molar-refractivity contribution in [3.8, 4) is 0 Å². The molecule has 6 heteroatoms. The number of benzene rings is 1. The number of imide groups is 1. The Morgan fingerprint density at radius 2 is 1.60 bits per heavy atom. The summed E-state index contributed by atoms with van der Waals surface area (Å²) >= 11 is 0. The van der Waals surface area contributed by atoms with Crippen molar-refractivity contribution in [2.45, 2.75) is 0 Å². The molecule has 0 saturated heterocycles. The molecule has 1 aliphatic heterocycles. The number of hydrogen-bond donors (Lipinski definition) is 1. The van der Waals surface area contributed by atoms with Gasteiger partial charge in [0.05, 0.1) is 16.8 Å². The van der Waals surface area contributed by atoms with E-state index in [4.69, 9.17) is 5.11 Å². The first-order valence-electron chi connectivity index (χ1n) is 5.77. The third kappa shape index (κ3) is 1.58. The number of carbonyl (C=O) groups excluding carboxylic acids is 2. The second-order valence-corrected chi connectivity index (χ2v) is 4.17. The van der Waals surface area contributed by atoms with Crippen molar-refractivity contribution >= 4 is 23.5 Å². The summed E-state index contributed by atoms with van der Waals surface area (Å²) in [5.41, 5.74) is 0.170. The summed E-state index contributed by atoms with van der Waals surface area (Å²) in [6, 6.07) is 9.23. The summed E-state index contributed by atoms with van der Waals surface area (Å²) < 4.78 is 0. The van der Waals surface area contributed by atoms with Crippen molar-refractivity contribution < 1.29 is 19.5 Å². The minimum Gasteiger partial charge on any atom is -0.476 e. The van der Waals surface area contributed by atoms with Gasteiger partial charge in [0.1, 0.15) is 0 Å². The molecule has 20 heavy (non-hydrogen) atoms. The fourth-order valence-corrected chi connectivity index (χ4v) is 2.15. The molecule has 98 valence electrons. The molecule has 0 fully saturated rings. The van der Waals surface area contributed by atoms with Crippen LogP contribution in [0.15, 0.2) is 42.6 Å². The largest absolute Gasteiger partial charge is 0.476 e. The highest BCUT2D eigenvalue weighted by Gasteiger charge is 2.38. The molecule has 0 unspecified atom stereocenters. The monoisotopic (exact) mass is 268 g/mol. The average molecular weight is 268 g/mol. The van der Waals surface area contributed by atoms with Gasteiger partial charge in [-0.25, -0.2) is 14.7 Å². The summed E-state index contributed by atoms with van der Waals surface area (Å²) in [6.45, 7) is 0. The van der Waals surface area contributed by atoms with Gasteiger partial charge in [-0.3, -0.25) is 9.59 Å². The van der Waals surface area contributed by atoms with Crippen LogP contribution in [0.4, 0.5) is 5.69 Å². The van der Waals surface area contributed by atoms with Crippen LogP contribution in [0.3, 0.4) is 0 Å². The van der Waals surface area contributed by atoms with Crippen LogP contribution in [-0.4, -0.2) is 27.9 Å². The molecule has 1 aromatic heterocycles. The van der Waals surface area contributed by atoms with Gasteiger partial charge in [-0.05, 0) is 24.3 Å². The van der Waals surface area contributed by atoms with E-state index in [1.165, 1.54) is 30.5 Å². The van der Waals surface area contributed by atoms with Crippen molar-refractivity contribution in [1.29, 1.82) is 0 Å². The number of aromatic carboxylic acids is 1. The molecule has 3 rings (SSSR count). The van der Waals surface area contributed by atoms with Crippen LogP contribution in [0.1, 0.15) is 31.2 Å². The SMILES string of the molecule is O=C(O)c1ncccc1N1C(=O)c2ccccc2C1=O. The normalized spacial score (nSPS) is 13.5. The zero-order chi connectivity index (χ0) is 14.3. The van der Waals surface area contributed by atoms with Gasteiger partial charge < -0.3 is 5.11 Å². The number of pyridine rings is 1. The smallest absolute Gasteiger partial charge is 0.356 e. The van der Waals surface area contributed by atoms with Crippen molar-refractivity contribution in [3.63, 3.8) is 0 Å². The van der Waals surface area contributed by atoms with E-state index in [0.717, 1.165) is 4.90 Å². The van der Waals surface area contributed by atoms with Gasteiger partial charge in [0.2, 0.25) is 0 Å². The van der Waals surface area contributed by atoms with E-state index in [2.05, 4.69) is 4.98 Å². The number of aromatic nitrogens is 1. The predicted octanol–water partition coefficient (Wildman–Crippen LogP) is 1.58. The van der Waals surface area contributed by atoms with Crippen LogP contribution in [0.5, 0.6) is 0 Å². The highest BCUT2D eigenvalue weighted by Crippen LogP contribution is 2.29. The van der Waals surface area contributed by atoms with E-state index in [0.29, 0.717) is 0 Å². The Bertz CT molecular complexity index is 719. The van der Waals surface area contributed by atoms with E-state index in [1.54, 1.807) is 12.1 Å². The maximum atomic E-state index is 12.3. The van der Waals surface area contributed by atoms with E-state index >= 15 is 0 Å². The Balaban J connectivity index is 2.17. The molecule has 2 heterocycles. The van der Waals surface area contributed by atoms with E-state index < -0.39 is 17.8 Å². The van der Waals surface area contributed by atoms with Crippen molar-refractivity contribution in [3.05, 3.63) is 59.4 Å². The van der Waals surface area contributed by atoms with Gasteiger partial charge >= 0.3 is 5.97 Å². The molecule has 1 aliphatic rings. The van der Waals surface area contributed by atoms with Gasteiger partial charge in [-0.15, -0.1) is 0 Å². The lowest BCUT2D eigenvalue weighted by Crippen LogP contribution is -2.31. The number of carboxylic acid groups (broad SMARTS) is 1. The fraction of sp³-hybridized carbons (Fsp3) is 0. The second-order valence-electron chi connectivity index (χ2n) is 4.17. The van der Waals surface area contributed by atoms with Crippen LogP contribution in [0.2, 0.25) is 0 Å². The molecular formula is C14H8N2O4. The third-order valence-electron chi connectivity index (χ3n) is 3.02. The minimum absolute atomic E-state index is 0.0220. The molecule has 1 N–H and O–H groups in total. The lowest BCUT2D eigenvalue weighted by atomic mass is 10.1. The standard InChI is InChI=1S/C14H8N2O4/c17-12-8-4-1-2-5-9(8)13(18)16(12)10-6-3-7-15-11(10)14(19)20/h1-7H,(H,19,20). The van der Waals surface area contributed by atoms with Crippen molar-refractivity contribution in [2.75, 3.05) is 4.90 Å². The molecule has 2 amide bonds. The Labute approximate surface area is 113 Å². The fourth-order valence-electron chi connectivity index (χ4n) is 2.15. The Morgan fingerprint density at radius 3 is 2.15 bits per heavy atom. The summed E-state index contributed by atoms with van der Waals surface area (Å²) in [5, 5.41) is 9.10. The number of carbonyl (C=O) groups is 3. The van der Waals surface area contributed by atoms with Crippen LogP contribution >= 0.6 is 0 Å². The Hall–Kier alpha value is -3.02. The number of nitrogens with zero attached hydrogens (tertiary/aromatic N) is 2. The molecule has 0 aliphatic carbocycles. The van der Waals surface area contributed by atoms with Crippen LogP contribution in [0.25, 0.3) is 0 Å².